The number of piperidine rings is 1. The molecule has 0 aliphatic carbocycles. The highest BCUT2D eigenvalue weighted by Gasteiger charge is 2.34. The number of nitrogens with zero attached hydrogens (tertiary/aromatic N) is 1. The molecule has 2 atom stereocenters. The second kappa shape index (κ2) is 6.14. The maximum Gasteiger partial charge on any atom is 0.161 e. The Bertz CT molecular complexity index is 227. The average molecular weight is 242 g/mol. The number of hydrogen-bond donors (Lipinski definition) is 1. The molecule has 0 saturated carbocycles. The Morgan fingerprint density at radius 2 is 2.00 bits per heavy atom. The van der Waals surface area contributed by atoms with E-state index in [4.69, 9.17) is 15.2 Å². The third-order valence-electron chi connectivity index (χ3n) is 3.95. The lowest BCUT2D eigenvalue weighted by Gasteiger charge is -2.36. The first-order valence-electron chi connectivity index (χ1n) is 6.92. The SMILES string of the molecule is CC(C)N1CCC(C2OCC(CCN)O2)CC1. The van der Waals surface area contributed by atoms with Crippen LogP contribution in [0.2, 0.25) is 0 Å². The summed E-state index contributed by atoms with van der Waals surface area (Å²) in [4.78, 5) is 2.53. The zero-order valence-corrected chi connectivity index (χ0v) is 11.1. The van der Waals surface area contributed by atoms with Crippen molar-refractivity contribution in [2.45, 2.75) is 51.5 Å². The number of likely N-dealkylation sites (tertiary alicyclic amines) is 1. The van der Waals surface area contributed by atoms with Gasteiger partial charge in [0.15, 0.2) is 6.29 Å². The van der Waals surface area contributed by atoms with Crippen LogP contribution in [0.3, 0.4) is 0 Å². The van der Waals surface area contributed by atoms with Crippen molar-refractivity contribution >= 4 is 0 Å². The van der Waals surface area contributed by atoms with Gasteiger partial charge in [-0.3, -0.25) is 0 Å². The van der Waals surface area contributed by atoms with Crippen LogP contribution in [0.5, 0.6) is 0 Å². The first-order valence-corrected chi connectivity index (χ1v) is 6.92. The molecule has 17 heavy (non-hydrogen) atoms. The summed E-state index contributed by atoms with van der Waals surface area (Å²) < 4.78 is 11.7. The summed E-state index contributed by atoms with van der Waals surface area (Å²) in [5, 5.41) is 0. The van der Waals surface area contributed by atoms with Crippen LogP contribution in [0.15, 0.2) is 0 Å². The molecule has 4 heteroatoms. The predicted molar refractivity (Wildman–Crippen MR) is 67.7 cm³/mol. The van der Waals surface area contributed by atoms with Crippen LogP contribution in [-0.4, -0.2) is 49.6 Å². The van der Waals surface area contributed by atoms with Crippen LogP contribution in [0, 0.1) is 5.92 Å². The molecule has 2 aliphatic heterocycles. The van der Waals surface area contributed by atoms with Crippen LogP contribution in [0.25, 0.3) is 0 Å². The van der Waals surface area contributed by atoms with Crippen molar-refractivity contribution in [2.24, 2.45) is 11.7 Å². The monoisotopic (exact) mass is 242 g/mol. The lowest BCUT2D eigenvalue weighted by atomic mass is 9.95. The Morgan fingerprint density at radius 3 is 2.59 bits per heavy atom. The van der Waals surface area contributed by atoms with Gasteiger partial charge in [-0.05, 0) is 52.7 Å². The second-order valence-electron chi connectivity index (χ2n) is 5.50. The zero-order valence-electron chi connectivity index (χ0n) is 11.1. The summed E-state index contributed by atoms with van der Waals surface area (Å²) in [5.41, 5.74) is 5.54. The van der Waals surface area contributed by atoms with Crippen molar-refractivity contribution in [3.05, 3.63) is 0 Å². The van der Waals surface area contributed by atoms with E-state index in [0.717, 1.165) is 13.0 Å². The Balaban J connectivity index is 1.74. The molecule has 0 aromatic rings. The minimum atomic E-state index is 0.0286. The van der Waals surface area contributed by atoms with Gasteiger partial charge in [-0.15, -0.1) is 0 Å². The number of rotatable bonds is 4. The summed E-state index contributed by atoms with van der Waals surface area (Å²) in [5.74, 6) is 0.577. The highest BCUT2D eigenvalue weighted by atomic mass is 16.7. The van der Waals surface area contributed by atoms with Gasteiger partial charge in [-0.2, -0.15) is 0 Å². The van der Waals surface area contributed by atoms with Gasteiger partial charge in [0.05, 0.1) is 12.7 Å². The molecule has 2 N–H and O–H groups in total. The first kappa shape index (κ1) is 13.3. The molecule has 0 bridgehead atoms. The van der Waals surface area contributed by atoms with Crippen molar-refractivity contribution in [1.82, 2.24) is 4.90 Å². The van der Waals surface area contributed by atoms with Gasteiger partial charge in [-0.1, -0.05) is 0 Å². The highest BCUT2D eigenvalue weighted by Crippen LogP contribution is 2.29. The van der Waals surface area contributed by atoms with Crippen LogP contribution >= 0.6 is 0 Å². The van der Waals surface area contributed by atoms with E-state index in [-0.39, 0.29) is 12.4 Å². The molecular formula is C13H26N2O2. The summed E-state index contributed by atoms with van der Waals surface area (Å²) in [6, 6.07) is 0.659. The normalized spacial score (nSPS) is 32.5. The Kier molecular flexibility index (Phi) is 4.79. The van der Waals surface area contributed by atoms with E-state index >= 15 is 0 Å². The lowest BCUT2D eigenvalue weighted by molar-refractivity contribution is -0.111. The zero-order chi connectivity index (χ0) is 12.3. The molecule has 0 aromatic carbocycles. The third kappa shape index (κ3) is 3.41. The van der Waals surface area contributed by atoms with Gasteiger partial charge < -0.3 is 20.1 Å². The quantitative estimate of drug-likeness (QED) is 0.804. The largest absolute Gasteiger partial charge is 0.350 e. The van der Waals surface area contributed by atoms with Crippen LogP contribution in [0.1, 0.15) is 33.1 Å². The van der Waals surface area contributed by atoms with Crippen molar-refractivity contribution in [3.63, 3.8) is 0 Å². The van der Waals surface area contributed by atoms with Crippen LogP contribution in [0.4, 0.5) is 0 Å². The lowest BCUT2D eigenvalue weighted by Crippen LogP contribution is -2.41. The summed E-state index contributed by atoms with van der Waals surface area (Å²) in [6.07, 6.45) is 3.56. The van der Waals surface area contributed by atoms with E-state index in [1.165, 1.54) is 25.9 Å². The van der Waals surface area contributed by atoms with Gasteiger partial charge in [0.1, 0.15) is 0 Å². The van der Waals surface area contributed by atoms with Crippen molar-refractivity contribution in [1.29, 1.82) is 0 Å². The fourth-order valence-electron chi connectivity index (χ4n) is 2.76. The fourth-order valence-corrected chi connectivity index (χ4v) is 2.76. The highest BCUT2D eigenvalue weighted by molar-refractivity contribution is 4.79. The molecule has 4 nitrogen and oxygen atoms in total. The van der Waals surface area contributed by atoms with Crippen molar-refractivity contribution in [2.75, 3.05) is 26.2 Å². The first-order chi connectivity index (χ1) is 8.20. The number of ether oxygens (including phenoxy) is 2. The van der Waals surface area contributed by atoms with E-state index in [1.54, 1.807) is 0 Å². The average Bonchev–Trinajstić information content (AvgIpc) is 2.78. The summed E-state index contributed by atoms with van der Waals surface area (Å²) in [6.45, 7) is 8.29. The van der Waals surface area contributed by atoms with Gasteiger partial charge in [0.2, 0.25) is 0 Å². The molecule has 2 saturated heterocycles. The van der Waals surface area contributed by atoms with Crippen molar-refractivity contribution < 1.29 is 9.47 Å². The minimum Gasteiger partial charge on any atom is -0.350 e. The maximum absolute atomic E-state index is 5.92. The molecule has 2 aliphatic rings. The van der Waals surface area contributed by atoms with E-state index in [2.05, 4.69) is 18.7 Å². The molecule has 2 rings (SSSR count). The smallest absolute Gasteiger partial charge is 0.161 e. The Labute approximate surface area is 104 Å². The van der Waals surface area contributed by atoms with Gasteiger partial charge in [0, 0.05) is 12.0 Å². The molecule has 100 valence electrons. The molecule has 0 amide bonds. The van der Waals surface area contributed by atoms with E-state index in [0.29, 0.717) is 18.5 Å². The Hall–Kier alpha value is -0.160. The van der Waals surface area contributed by atoms with Crippen LogP contribution < -0.4 is 5.73 Å². The van der Waals surface area contributed by atoms with E-state index in [1.807, 2.05) is 0 Å². The maximum atomic E-state index is 5.92. The van der Waals surface area contributed by atoms with Gasteiger partial charge >= 0.3 is 0 Å². The Morgan fingerprint density at radius 1 is 1.29 bits per heavy atom. The van der Waals surface area contributed by atoms with Gasteiger partial charge in [-0.25, -0.2) is 0 Å². The molecule has 0 radical (unpaired) electrons. The molecular weight excluding hydrogens is 216 g/mol. The number of hydrogen-bond acceptors (Lipinski definition) is 4. The topological polar surface area (TPSA) is 47.7 Å². The third-order valence-corrected chi connectivity index (χ3v) is 3.95. The van der Waals surface area contributed by atoms with Crippen LogP contribution in [-0.2, 0) is 9.47 Å². The van der Waals surface area contributed by atoms with Crippen molar-refractivity contribution in [3.8, 4) is 0 Å². The molecule has 0 aromatic heterocycles. The summed E-state index contributed by atoms with van der Waals surface area (Å²) >= 11 is 0. The van der Waals surface area contributed by atoms with E-state index in [9.17, 15) is 0 Å². The molecule has 2 fully saturated rings. The number of nitrogens with two attached hydrogens (primary N) is 1. The fraction of sp³-hybridized carbons (Fsp3) is 1.00. The standard InChI is InChI=1S/C13H26N2O2/c1-10(2)15-7-4-11(5-8-15)13-16-9-12(17-13)3-6-14/h10-13H,3-9,14H2,1-2H3. The molecule has 0 spiro atoms. The predicted octanol–water partition coefficient (Wildman–Crippen LogP) is 1.20. The minimum absolute atomic E-state index is 0.0286. The molecule has 2 heterocycles. The molecule has 2 unspecified atom stereocenters. The van der Waals surface area contributed by atoms with E-state index < -0.39 is 0 Å². The second-order valence-corrected chi connectivity index (χ2v) is 5.50. The van der Waals surface area contributed by atoms with Gasteiger partial charge in [0.25, 0.3) is 0 Å². The summed E-state index contributed by atoms with van der Waals surface area (Å²) in [7, 11) is 0.